The number of piperidine rings is 1. The average molecular weight is 372 g/mol. The Balaban J connectivity index is 1.20. The Morgan fingerprint density at radius 1 is 1.04 bits per heavy atom. The van der Waals surface area contributed by atoms with Gasteiger partial charge < -0.3 is 10.2 Å². The van der Waals surface area contributed by atoms with Gasteiger partial charge in [-0.05, 0) is 55.4 Å². The van der Waals surface area contributed by atoms with E-state index in [1.807, 2.05) is 48.8 Å². The van der Waals surface area contributed by atoms with E-state index in [1.54, 1.807) is 6.20 Å². The lowest BCUT2D eigenvalue weighted by molar-refractivity contribution is 0.0477. The fourth-order valence-corrected chi connectivity index (χ4v) is 4.83. The van der Waals surface area contributed by atoms with Gasteiger partial charge in [0.05, 0.1) is 5.52 Å². The molecule has 1 N–H and O–H groups in total. The summed E-state index contributed by atoms with van der Waals surface area (Å²) < 4.78 is 0. The third-order valence-corrected chi connectivity index (χ3v) is 6.41. The van der Waals surface area contributed by atoms with E-state index >= 15 is 0 Å². The van der Waals surface area contributed by atoms with Crippen molar-refractivity contribution in [3.05, 3.63) is 66.6 Å². The number of rotatable bonds is 3. The van der Waals surface area contributed by atoms with Crippen LogP contribution >= 0.6 is 0 Å². The molecular formula is C23H24N4O. The molecule has 5 nitrogen and oxygen atoms in total. The second kappa shape index (κ2) is 6.89. The zero-order valence-electron chi connectivity index (χ0n) is 15.8. The summed E-state index contributed by atoms with van der Waals surface area (Å²) in [5.74, 6) is 0.0497. The van der Waals surface area contributed by atoms with Crippen molar-refractivity contribution in [2.45, 2.75) is 31.7 Å². The SMILES string of the molecule is O=C(NC1CC2(CCN(c3ccnc4ccncc34)CC2)C1)c1ccccc1. The van der Waals surface area contributed by atoms with Crippen molar-refractivity contribution >= 4 is 22.5 Å². The van der Waals surface area contributed by atoms with Gasteiger partial charge in [0.15, 0.2) is 0 Å². The van der Waals surface area contributed by atoms with Gasteiger partial charge in [-0.25, -0.2) is 0 Å². The van der Waals surface area contributed by atoms with Crippen LogP contribution in [0.25, 0.3) is 10.9 Å². The maximum absolute atomic E-state index is 12.3. The molecule has 1 saturated heterocycles. The van der Waals surface area contributed by atoms with Crippen molar-refractivity contribution in [3.8, 4) is 0 Å². The minimum Gasteiger partial charge on any atom is -0.371 e. The van der Waals surface area contributed by atoms with Crippen LogP contribution in [0.5, 0.6) is 0 Å². The van der Waals surface area contributed by atoms with Crippen LogP contribution in [0.3, 0.4) is 0 Å². The second-order valence-corrected chi connectivity index (χ2v) is 8.15. The number of nitrogens with zero attached hydrogens (tertiary/aromatic N) is 3. The number of fused-ring (bicyclic) bond motifs is 1. The molecule has 3 aromatic rings. The molecule has 0 unspecified atom stereocenters. The van der Waals surface area contributed by atoms with E-state index in [-0.39, 0.29) is 5.91 Å². The van der Waals surface area contributed by atoms with Crippen LogP contribution in [0.15, 0.2) is 61.1 Å². The Morgan fingerprint density at radius 3 is 2.61 bits per heavy atom. The number of hydrogen-bond acceptors (Lipinski definition) is 4. The van der Waals surface area contributed by atoms with Crippen LogP contribution in [0.2, 0.25) is 0 Å². The summed E-state index contributed by atoms with van der Waals surface area (Å²) in [7, 11) is 0. The van der Waals surface area contributed by atoms with Crippen LogP contribution < -0.4 is 10.2 Å². The standard InChI is InChI=1S/C23H24N4O/c28-22(17-4-2-1-3-5-17)26-18-14-23(15-18)8-12-27(13-9-23)21-7-11-25-20-6-10-24-16-19(20)21/h1-7,10-11,16,18H,8-9,12-15H2,(H,26,28). The lowest BCUT2D eigenvalue weighted by atomic mass is 9.60. The van der Waals surface area contributed by atoms with Crippen molar-refractivity contribution in [1.82, 2.24) is 15.3 Å². The van der Waals surface area contributed by atoms with E-state index in [0.717, 1.165) is 42.4 Å². The second-order valence-electron chi connectivity index (χ2n) is 8.15. The Morgan fingerprint density at radius 2 is 1.82 bits per heavy atom. The highest BCUT2D eigenvalue weighted by Crippen LogP contribution is 2.49. The Labute approximate surface area is 164 Å². The molecule has 1 spiro atoms. The van der Waals surface area contributed by atoms with Crippen molar-refractivity contribution in [2.24, 2.45) is 5.41 Å². The van der Waals surface area contributed by atoms with Gasteiger partial charge in [0.25, 0.3) is 5.91 Å². The first-order valence-corrected chi connectivity index (χ1v) is 10.0. The molecule has 142 valence electrons. The van der Waals surface area contributed by atoms with Gasteiger partial charge >= 0.3 is 0 Å². The van der Waals surface area contributed by atoms with Gasteiger partial charge in [0, 0.05) is 54.4 Å². The first kappa shape index (κ1) is 17.2. The molecule has 1 aliphatic heterocycles. The molecule has 2 aromatic heterocycles. The zero-order valence-corrected chi connectivity index (χ0v) is 15.8. The highest BCUT2D eigenvalue weighted by Gasteiger charge is 2.46. The molecule has 2 fully saturated rings. The summed E-state index contributed by atoms with van der Waals surface area (Å²) in [6.07, 6.45) is 10.1. The Hall–Kier alpha value is -2.95. The fraction of sp³-hybridized carbons (Fsp3) is 0.348. The van der Waals surface area contributed by atoms with E-state index in [0.29, 0.717) is 11.5 Å². The lowest BCUT2D eigenvalue weighted by Gasteiger charge is -2.52. The third-order valence-electron chi connectivity index (χ3n) is 6.41. The molecule has 0 atom stereocenters. The summed E-state index contributed by atoms with van der Waals surface area (Å²) in [6, 6.07) is 13.9. The Bertz CT molecular complexity index is 982. The fourth-order valence-electron chi connectivity index (χ4n) is 4.83. The van der Waals surface area contributed by atoms with Gasteiger partial charge in [-0.15, -0.1) is 0 Å². The number of benzene rings is 1. The van der Waals surface area contributed by atoms with Crippen molar-refractivity contribution in [2.75, 3.05) is 18.0 Å². The molecule has 0 bridgehead atoms. The highest BCUT2D eigenvalue weighted by molar-refractivity contribution is 5.94. The first-order chi connectivity index (χ1) is 13.7. The van der Waals surface area contributed by atoms with Crippen LogP contribution in [-0.2, 0) is 0 Å². The van der Waals surface area contributed by atoms with Gasteiger partial charge in [0.1, 0.15) is 0 Å². The number of aromatic nitrogens is 2. The predicted octanol–water partition coefficient (Wildman–Crippen LogP) is 3.81. The van der Waals surface area contributed by atoms with E-state index < -0.39 is 0 Å². The number of nitrogens with one attached hydrogen (secondary N) is 1. The maximum atomic E-state index is 12.3. The van der Waals surface area contributed by atoms with Crippen LogP contribution in [0.1, 0.15) is 36.0 Å². The van der Waals surface area contributed by atoms with E-state index in [1.165, 1.54) is 18.5 Å². The molecule has 1 aliphatic carbocycles. The van der Waals surface area contributed by atoms with E-state index in [9.17, 15) is 4.79 Å². The van der Waals surface area contributed by atoms with Crippen molar-refractivity contribution in [3.63, 3.8) is 0 Å². The summed E-state index contributed by atoms with van der Waals surface area (Å²) in [4.78, 5) is 23.5. The van der Waals surface area contributed by atoms with Gasteiger partial charge in [0.2, 0.25) is 0 Å². The minimum atomic E-state index is 0.0497. The summed E-state index contributed by atoms with van der Waals surface area (Å²) in [5, 5.41) is 4.33. The molecule has 3 heterocycles. The molecule has 28 heavy (non-hydrogen) atoms. The molecule has 5 rings (SSSR count). The number of amides is 1. The Kier molecular flexibility index (Phi) is 4.23. The molecule has 1 amide bonds. The largest absolute Gasteiger partial charge is 0.371 e. The molecule has 2 aliphatic rings. The van der Waals surface area contributed by atoms with Crippen LogP contribution in [-0.4, -0.2) is 35.0 Å². The van der Waals surface area contributed by atoms with E-state index in [4.69, 9.17) is 0 Å². The number of anilines is 1. The molecule has 1 aromatic carbocycles. The van der Waals surface area contributed by atoms with Crippen LogP contribution in [0.4, 0.5) is 5.69 Å². The first-order valence-electron chi connectivity index (χ1n) is 10.0. The van der Waals surface area contributed by atoms with E-state index in [2.05, 4.69) is 26.3 Å². The van der Waals surface area contributed by atoms with Gasteiger partial charge in [-0.3, -0.25) is 14.8 Å². The monoisotopic (exact) mass is 372 g/mol. The molecule has 5 heteroatoms. The normalized spacial score (nSPS) is 18.8. The smallest absolute Gasteiger partial charge is 0.251 e. The lowest BCUT2D eigenvalue weighted by Crippen LogP contribution is -2.55. The minimum absolute atomic E-state index is 0.0497. The molecule has 1 saturated carbocycles. The predicted molar refractivity (Wildman–Crippen MR) is 110 cm³/mol. The van der Waals surface area contributed by atoms with Crippen molar-refractivity contribution < 1.29 is 4.79 Å². The number of hydrogen-bond donors (Lipinski definition) is 1. The molecule has 0 radical (unpaired) electrons. The van der Waals surface area contributed by atoms with Crippen molar-refractivity contribution in [1.29, 1.82) is 0 Å². The third kappa shape index (κ3) is 3.11. The van der Waals surface area contributed by atoms with Crippen LogP contribution in [0, 0.1) is 5.41 Å². The topological polar surface area (TPSA) is 58.1 Å². The van der Waals surface area contributed by atoms with Gasteiger partial charge in [-0.1, -0.05) is 18.2 Å². The zero-order chi connectivity index (χ0) is 19.0. The quantitative estimate of drug-likeness (QED) is 0.760. The highest BCUT2D eigenvalue weighted by atomic mass is 16.1. The number of carbonyl (C=O) groups excluding carboxylic acids is 1. The molecular weight excluding hydrogens is 348 g/mol. The summed E-state index contributed by atoms with van der Waals surface area (Å²) in [5.41, 5.74) is 3.38. The van der Waals surface area contributed by atoms with Gasteiger partial charge in [-0.2, -0.15) is 0 Å². The number of pyridine rings is 2. The summed E-state index contributed by atoms with van der Waals surface area (Å²) in [6.45, 7) is 2.10. The summed E-state index contributed by atoms with van der Waals surface area (Å²) >= 11 is 0. The number of carbonyl (C=O) groups is 1. The average Bonchev–Trinajstić information content (AvgIpc) is 2.73. The maximum Gasteiger partial charge on any atom is 0.251 e.